The number of carbonyl (C=O) groups is 1. The highest BCUT2D eigenvalue weighted by Gasteiger charge is 2.19. The Morgan fingerprint density at radius 2 is 2.00 bits per heavy atom. The van der Waals surface area contributed by atoms with Crippen LogP contribution in [0.5, 0.6) is 5.75 Å². The molecular weight excluding hydrogens is 216 g/mol. The van der Waals surface area contributed by atoms with E-state index in [4.69, 9.17) is 4.74 Å². The number of rotatable bonds is 4. The van der Waals surface area contributed by atoms with Gasteiger partial charge in [0.05, 0.1) is 13.2 Å². The smallest absolute Gasteiger partial charge is 0.315 e. The second-order valence-electron chi connectivity index (χ2n) is 3.27. The van der Waals surface area contributed by atoms with Crippen LogP contribution >= 0.6 is 0 Å². The van der Waals surface area contributed by atoms with Crippen molar-refractivity contribution >= 4 is 5.91 Å². The minimum Gasteiger partial charge on any atom is -0.496 e. The molecule has 3 nitrogen and oxygen atoms in total. The van der Waals surface area contributed by atoms with Gasteiger partial charge in [0.15, 0.2) is 0 Å². The van der Waals surface area contributed by atoms with Gasteiger partial charge in [-0.15, -0.1) is 0 Å². The molecule has 0 radical (unpaired) electrons. The fourth-order valence-electron chi connectivity index (χ4n) is 1.38. The summed E-state index contributed by atoms with van der Waals surface area (Å²) >= 11 is 0. The van der Waals surface area contributed by atoms with Crippen LogP contribution in [0, 0.1) is 0 Å². The van der Waals surface area contributed by atoms with E-state index in [1.165, 1.54) is 7.11 Å². The first kappa shape index (κ1) is 12.4. The van der Waals surface area contributed by atoms with Crippen molar-refractivity contribution in [2.75, 3.05) is 7.11 Å². The zero-order chi connectivity index (χ0) is 12.1. The van der Waals surface area contributed by atoms with Crippen molar-refractivity contribution in [3.8, 4) is 5.75 Å². The molecule has 1 rings (SSSR count). The predicted molar refractivity (Wildman–Crippen MR) is 55.6 cm³/mol. The van der Waals surface area contributed by atoms with Crippen molar-refractivity contribution in [3.05, 3.63) is 29.8 Å². The number of alkyl halides is 2. The summed E-state index contributed by atoms with van der Waals surface area (Å²) in [5.41, 5.74) is 0.666. The molecule has 0 fully saturated rings. The van der Waals surface area contributed by atoms with Gasteiger partial charge in [0.1, 0.15) is 5.75 Å². The fraction of sp³-hybridized carbons (Fsp3) is 0.364. The normalized spacial score (nSPS) is 12.3. The quantitative estimate of drug-likeness (QED) is 0.859. The van der Waals surface area contributed by atoms with Crippen LogP contribution in [0.2, 0.25) is 0 Å². The first-order valence-electron chi connectivity index (χ1n) is 4.77. The average Bonchev–Trinajstić information content (AvgIpc) is 2.28. The molecule has 1 amide bonds. The molecule has 88 valence electrons. The molecule has 0 aromatic heterocycles. The Hall–Kier alpha value is -1.65. The number of carbonyl (C=O) groups excluding carboxylic acids is 1. The Balaban J connectivity index is 2.80. The SMILES string of the molecule is COc1ccccc1C(C)NC(=O)C(F)F. The van der Waals surface area contributed by atoms with E-state index in [1.54, 1.807) is 31.2 Å². The van der Waals surface area contributed by atoms with E-state index < -0.39 is 18.4 Å². The molecule has 0 bridgehead atoms. The fourth-order valence-corrected chi connectivity index (χ4v) is 1.38. The zero-order valence-corrected chi connectivity index (χ0v) is 9.04. The number of halogens is 2. The monoisotopic (exact) mass is 229 g/mol. The lowest BCUT2D eigenvalue weighted by Gasteiger charge is -2.16. The number of hydrogen-bond acceptors (Lipinski definition) is 2. The summed E-state index contributed by atoms with van der Waals surface area (Å²) in [6.45, 7) is 1.62. The number of ether oxygens (including phenoxy) is 1. The standard InChI is InChI=1S/C11H13F2NO2/c1-7(14-11(15)10(12)13)8-5-3-4-6-9(8)16-2/h3-7,10H,1-2H3,(H,14,15). The molecule has 1 N–H and O–H groups in total. The Morgan fingerprint density at radius 1 is 1.38 bits per heavy atom. The molecule has 0 spiro atoms. The Kier molecular flexibility index (Phi) is 4.22. The van der Waals surface area contributed by atoms with Crippen LogP contribution in [-0.2, 0) is 4.79 Å². The molecule has 0 aliphatic heterocycles. The lowest BCUT2D eigenvalue weighted by atomic mass is 10.1. The van der Waals surface area contributed by atoms with Crippen LogP contribution in [0.15, 0.2) is 24.3 Å². The van der Waals surface area contributed by atoms with Gasteiger partial charge in [0.2, 0.25) is 0 Å². The number of nitrogens with one attached hydrogen (secondary N) is 1. The van der Waals surface area contributed by atoms with Gasteiger partial charge in [-0.05, 0) is 13.0 Å². The van der Waals surface area contributed by atoms with Crippen molar-refractivity contribution in [1.82, 2.24) is 5.32 Å². The number of para-hydroxylation sites is 1. The zero-order valence-electron chi connectivity index (χ0n) is 9.04. The van der Waals surface area contributed by atoms with Gasteiger partial charge < -0.3 is 10.1 Å². The van der Waals surface area contributed by atoms with Crippen molar-refractivity contribution < 1.29 is 18.3 Å². The second-order valence-corrected chi connectivity index (χ2v) is 3.27. The van der Waals surface area contributed by atoms with Gasteiger partial charge in [-0.2, -0.15) is 8.78 Å². The third-order valence-corrected chi connectivity index (χ3v) is 2.16. The summed E-state index contributed by atoms with van der Waals surface area (Å²) in [5.74, 6) is -0.719. The molecule has 0 aliphatic carbocycles. The minimum absolute atomic E-state index is 0.516. The maximum Gasteiger partial charge on any atom is 0.315 e. The van der Waals surface area contributed by atoms with Gasteiger partial charge >= 0.3 is 6.43 Å². The molecule has 1 atom stereocenters. The maximum atomic E-state index is 12.0. The van der Waals surface area contributed by atoms with E-state index in [0.29, 0.717) is 11.3 Å². The van der Waals surface area contributed by atoms with E-state index >= 15 is 0 Å². The average molecular weight is 229 g/mol. The molecule has 1 aromatic carbocycles. The van der Waals surface area contributed by atoms with Crippen LogP contribution in [0.25, 0.3) is 0 Å². The molecule has 1 aromatic rings. The van der Waals surface area contributed by atoms with Crippen LogP contribution in [0.1, 0.15) is 18.5 Å². The van der Waals surface area contributed by atoms with E-state index in [2.05, 4.69) is 5.32 Å². The molecule has 0 saturated carbocycles. The van der Waals surface area contributed by atoms with Crippen molar-refractivity contribution in [1.29, 1.82) is 0 Å². The molecule has 0 saturated heterocycles. The first-order valence-corrected chi connectivity index (χ1v) is 4.77. The highest BCUT2D eigenvalue weighted by Crippen LogP contribution is 2.24. The summed E-state index contributed by atoms with van der Waals surface area (Å²) < 4.78 is 29.2. The maximum absolute atomic E-state index is 12.0. The van der Waals surface area contributed by atoms with Gasteiger partial charge in [0, 0.05) is 5.56 Å². The summed E-state index contributed by atoms with van der Waals surface area (Å²) in [5, 5.41) is 2.20. The highest BCUT2D eigenvalue weighted by atomic mass is 19.3. The summed E-state index contributed by atoms with van der Waals surface area (Å²) in [6.07, 6.45) is -3.00. The van der Waals surface area contributed by atoms with Gasteiger partial charge in [0.25, 0.3) is 5.91 Å². The Labute approximate surface area is 92.4 Å². The second kappa shape index (κ2) is 5.44. The van der Waals surface area contributed by atoms with Crippen LogP contribution < -0.4 is 10.1 Å². The van der Waals surface area contributed by atoms with E-state index in [1.807, 2.05) is 0 Å². The third-order valence-electron chi connectivity index (χ3n) is 2.16. The summed E-state index contributed by atoms with van der Waals surface area (Å²) in [6, 6.07) is 6.43. The lowest BCUT2D eigenvalue weighted by Crippen LogP contribution is -2.32. The number of hydrogen-bond donors (Lipinski definition) is 1. The van der Waals surface area contributed by atoms with Crippen LogP contribution in [0.3, 0.4) is 0 Å². The molecule has 16 heavy (non-hydrogen) atoms. The van der Waals surface area contributed by atoms with Crippen molar-refractivity contribution in [3.63, 3.8) is 0 Å². The van der Waals surface area contributed by atoms with E-state index in [0.717, 1.165) is 0 Å². The molecule has 1 unspecified atom stereocenters. The largest absolute Gasteiger partial charge is 0.496 e. The first-order chi connectivity index (χ1) is 7.56. The Morgan fingerprint density at radius 3 is 2.56 bits per heavy atom. The number of amides is 1. The predicted octanol–water partition coefficient (Wildman–Crippen LogP) is 2.14. The third kappa shape index (κ3) is 2.92. The van der Waals surface area contributed by atoms with Gasteiger partial charge in [-0.25, -0.2) is 0 Å². The molecule has 5 heteroatoms. The van der Waals surface area contributed by atoms with E-state index in [9.17, 15) is 13.6 Å². The van der Waals surface area contributed by atoms with Crippen molar-refractivity contribution in [2.24, 2.45) is 0 Å². The molecule has 0 aliphatic rings. The number of methoxy groups -OCH3 is 1. The van der Waals surface area contributed by atoms with Crippen LogP contribution in [0.4, 0.5) is 8.78 Å². The Bertz CT molecular complexity index is 369. The minimum atomic E-state index is -3.00. The van der Waals surface area contributed by atoms with Gasteiger partial charge in [-0.3, -0.25) is 4.79 Å². The molecule has 0 heterocycles. The molecular formula is C11H13F2NO2. The highest BCUT2D eigenvalue weighted by molar-refractivity contribution is 5.79. The summed E-state index contributed by atoms with van der Waals surface area (Å²) in [4.78, 5) is 10.8. The van der Waals surface area contributed by atoms with E-state index in [-0.39, 0.29) is 0 Å². The lowest BCUT2D eigenvalue weighted by molar-refractivity contribution is -0.132. The van der Waals surface area contributed by atoms with Crippen molar-refractivity contribution in [2.45, 2.75) is 19.4 Å². The number of benzene rings is 1. The topological polar surface area (TPSA) is 38.3 Å². The van der Waals surface area contributed by atoms with Crippen LogP contribution in [-0.4, -0.2) is 19.4 Å². The van der Waals surface area contributed by atoms with Gasteiger partial charge in [-0.1, -0.05) is 18.2 Å². The summed E-state index contributed by atoms with van der Waals surface area (Å²) in [7, 11) is 1.49.